The molecular formula is C9H15NO3. The predicted molar refractivity (Wildman–Crippen MR) is 49.3 cm³/mol. The van der Waals surface area contributed by atoms with Crippen LogP contribution in [-0.2, 0) is 9.59 Å². The molecule has 0 aromatic carbocycles. The van der Waals surface area contributed by atoms with Gasteiger partial charge in [-0.1, -0.05) is 13.3 Å². The highest BCUT2D eigenvalue weighted by Gasteiger charge is 2.02. The summed E-state index contributed by atoms with van der Waals surface area (Å²) in [5.74, 6) is -1.47. The molecule has 1 amide bonds. The van der Waals surface area contributed by atoms with Crippen molar-refractivity contribution >= 4 is 11.9 Å². The second kappa shape index (κ2) is 6.22. The van der Waals surface area contributed by atoms with Crippen LogP contribution in [0.5, 0.6) is 0 Å². The van der Waals surface area contributed by atoms with Crippen LogP contribution in [0.1, 0.15) is 26.7 Å². The lowest BCUT2D eigenvalue weighted by atomic mass is 10.2. The molecule has 1 atom stereocenters. The number of carbonyl (C=O) groups is 2. The van der Waals surface area contributed by atoms with Gasteiger partial charge in [-0.05, 0) is 13.3 Å². The topological polar surface area (TPSA) is 66.4 Å². The number of hydrogen-bond acceptors (Lipinski definition) is 2. The van der Waals surface area contributed by atoms with Gasteiger partial charge >= 0.3 is 5.97 Å². The van der Waals surface area contributed by atoms with Crippen LogP contribution < -0.4 is 5.32 Å². The van der Waals surface area contributed by atoms with Crippen molar-refractivity contribution in [3.05, 3.63) is 12.2 Å². The summed E-state index contributed by atoms with van der Waals surface area (Å²) in [7, 11) is 0. The fourth-order valence-corrected chi connectivity index (χ4v) is 0.943. The summed E-state index contributed by atoms with van der Waals surface area (Å²) in [6.07, 6.45) is 3.74. The van der Waals surface area contributed by atoms with Gasteiger partial charge in [-0.25, -0.2) is 4.79 Å². The lowest BCUT2D eigenvalue weighted by molar-refractivity contribution is -0.131. The molecule has 0 aliphatic heterocycles. The summed E-state index contributed by atoms with van der Waals surface area (Å²) in [5.41, 5.74) is 0. The van der Waals surface area contributed by atoms with E-state index in [4.69, 9.17) is 5.11 Å². The van der Waals surface area contributed by atoms with Crippen molar-refractivity contribution in [1.82, 2.24) is 5.32 Å². The Kier molecular flexibility index (Phi) is 5.59. The van der Waals surface area contributed by atoms with Gasteiger partial charge in [0, 0.05) is 18.2 Å². The van der Waals surface area contributed by atoms with Crippen LogP contribution in [-0.4, -0.2) is 23.0 Å². The Morgan fingerprint density at radius 2 is 2.08 bits per heavy atom. The van der Waals surface area contributed by atoms with Crippen LogP contribution in [0, 0.1) is 0 Å². The smallest absolute Gasteiger partial charge is 0.328 e. The van der Waals surface area contributed by atoms with Crippen molar-refractivity contribution in [1.29, 1.82) is 0 Å². The first-order valence-corrected chi connectivity index (χ1v) is 4.27. The number of carboxylic acid groups (broad SMARTS) is 1. The summed E-state index contributed by atoms with van der Waals surface area (Å²) in [4.78, 5) is 21.0. The second-order valence-electron chi connectivity index (χ2n) is 2.87. The third-order valence-corrected chi connectivity index (χ3v) is 1.49. The Morgan fingerprint density at radius 1 is 1.46 bits per heavy atom. The molecule has 0 aliphatic carbocycles. The number of rotatable bonds is 5. The zero-order valence-corrected chi connectivity index (χ0v) is 7.91. The standard InChI is InChI=1S/C9H15NO3/c1-3-4-7(2)10-8(11)5-6-9(12)13/h5-7H,3-4H2,1-2H3,(H,10,11)(H,12,13)/b6-5+. The average molecular weight is 185 g/mol. The van der Waals surface area contributed by atoms with E-state index >= 15 is 0 Å². The molecule has 1 unspecified atom stereocenters. The number of nitrogens with one attached hydrogen (secondary N) is 1. The molecule has 0 rings (SSSR count). The molecule has 0 saturated heterocycles. The normalized spacial score (nSPS) is 12.8. The van der Waals surface area contributed by atoms with Gasteiger partial charge in [0.15, 0.2) is 0 Å². The maximum Gasteiger partial charge on any atom is 0.328 e. The van der Waals surface area contributed by atoms with E-state index in [2.05, 4.69) is 5.32 Å². The molecule has 0 saturated carbocycles. The van der Waals surface area contributed by atoms with Crippen LogP contribution in [0.4, 0.5) is 0 Å². The molecule has 13 heavy (non-hydrogen) atoms. The SMILES string of the molecule is CCCC(C)NC(=O)/C=C/C(=O)O. The number of carboxylic acids is 1. The molecule has 4 heteroatoms. The van der Waals surface area contributed by atoms with E-state index < -0.39 is 5.97 Å². The Balaban J connectivity index is 3.80. The van der Waals surface area contributed by atoms with Crippen LogP contribution in [0.25, 0.3) is 0 Å². The van der Waals surface area contributed by atoms with Crippen LogP contribution >= 0.6 is 0 Å². The molecular weight excluding hydrogens is 170 g/mol. The lowest BCUT2D eigenvalue weighted by Crippen LogP contribution is -2.30. The fourth-order valence-electron chi connectivity index (χ4n) is 0.943. The summed E-state index contributed by atoms with van der Waals surface area (Å²) in [6, 6.07) is 0.0935. The van der Waals surface area contributed by atoms with Crippen LogP contribution in [0.15, 0.2) is 12.2 Å². The van der Waals surface area contributed by atoms with Crippen LogP contribution in [0.2, 0.25) is 0 Å². The van der Waals surface area contributed by atoms with Gasteiger partial charge in [-0.3, -0.25) is 4.79 Å². The van der Waals surface area contributed by atoms with Gasteiger partial charge in [-0.2, -0.15) is 0 Å². The predicted octanol–water partition coefficient (Wildman–Crippen LogP) is 0.932. The largest absolute Gasteiger partial charge is 0.478 e. The molecule has 0 radical (unpaired) electrons. The van der Waals surface area contributed by atoms with Gasteiger partial charge in [-0.15, -0.1) is 0 Å². The first-order chi connectivity index (χ1) is 6.06. The molecule has 0 aliphatic rings. The van der Waals surface area contributed by atoms with Crippen LogP contribution in [0.3, 0.4) is 0 Å². The summed E-state index contributed by atoms with van der Waals surface area (Å²) >= 11 is 0. The van der Waals surface area contributed by atoms with Gasteiger partial charge in [0.05, 0.1) is 0 Å². The number of amides is 1. The van der Waals surface area contributed by atoms with E-state index in [1.807, 2.05) is 13.8 Å². The zero-order chi connectivity index (χ0) is 10.3. The third kappa shape index (κ3) is 7.05. The second-order valence-corrected chi connectivity index (χ2v) is 2.87. The van der Waals surface area contributed by atoms with Crippen molar-refractivity contribution < 1.29 is 14.7 Å². The van der Waals surface area contributed by atoms with E-state index in [0.29, 0.717) is 0 Å². The maximum atomic E-state index is 11.0. The summed E-state index contributed by atoms with van der Waals surface area (Å²) in [5, 5.41) is 10.9. The molecule has 0 spiro atoms. The number of aliphatic carboxylic acids is 1. The Hall–Kier alpha value is -1.32. The average Bonchev–Trinajstić information content (AvgIpc) is 2.01. The molecule has 0 fully saturated rings. The van der Waals surface area contributed by atoms with Gasteiger partial charge in [0.1, 0.15) is 0 Å². The fraction of sp³-hybridized carbons (Fsp3) is 0.556. The molecule has 0 aromatic rings. The molecule has 0 bridgehead atoms. The summed E-state index contributed by atoms with van der Waals surface area (Å²) < 4.78 is 0. The maximum absolute atomic E-state index is 11.0. The Labute approximate surface area is 77.6 Å². The molecule has 2 N–H and O–H groups in total. The van der Waals surface area contributed by atoms with E-state index in [0.717, 1.165) is 25.0 Å². The van der Waals surface area contributed by atoms with Gasteiger partial charge < -0.3 is 10.4 Å². The van der Waals surface area contributed by atoms with Gasteiger partial charge in [0.2, 0.25) is 5.91 Å². The highest BCUT2D eigenvalue weighted by molar-refractivity contribution is 5.93. The first kappa shape index (κ1) is 11.7. The molecule has 0 heterocycles. The van der Waals surface area contributed by atoms with E-state index in [-0.39, 0.29) is 11.9 Å². The van der Waals surface area contributed by atoms with E-state index in [9.17, 15) is 9.59 Å². The minimum Gasteiger partial charge on any atom is -0.478 e. The molecule has 0 aromatic heterocycles. The number of hydrogen-bond donors (Lipinski definition) is 2. The Morgan fingerprint density at radius 3 is 2.54 bits per heavy atom. The highest BCUT2D eigenvalue weighted by atomic mass is 16.4. The first-order valence-electron chi connectivity index (χ1n) is 4.27. The van der Waals surface area contributed by atoms with Crippen molar-refractivity contribution in [2.24, 2.45) is 0 Å². The number of carbonyl (C=O) groups excluding carboxylic acids is 1. The summed E-state index contributed by atoms with van der Waals surface area (Å²) in [6.45, 7) is 3.91. The van der Waals surface area contributed by atoms with Crippen molar-refractivity contribution in [3.8, 4) is 0 Å². The van der Waals surface area contributed by atoms with E-state index in [1.165, 1.54) is 0 Å². The van der Waals surface area contributed by atoms with Crippen molar-refractivity contribution in [2.45, 2.75) is 32.7 Å². The highest BCUT2D eigenvalue weighted by Crippen LogP contribution is 1.94. The lowest BCUT2D eigenvalue weighted by Gasteiger charge is -2.09. The zero-order valence-electron chi connectivity index (χ0n) is 7.91. The molecule has 4 nitrogen and oxygen atoms in total. The Bertz CT molecular complexity index is 211. The monoisotopic (exact) mass is 185 g/mol. The quantitative estimate of drug-likeness (QED) is 0.626. The molecule has 74 valence electrons. The third-order valence-electron chi connectivity index (χ3n) is 1.49. The minimum absolute atomic E-state index is 0.0935. The van der Waals surface area contributed by atoms with Crippen molar-refractivity contribution in [3.63, 3.8) is 0 Å². The van der Waals surface area contributed by atoms with Crippen molar-refractivity contribution in [2.75, 3.05) is 0 Å². The van der Waals surface area contributed by atoms with E-state index in [1.54, 1.807) is 0 Å². The van der Waals surface area contributed by atoms with Gasteiger partial charge in [0.25, 0.3) is 0 Å². The minimum atomic E-state index is -1.11.